The summed E-state index contributed by atoms with van der Waals surface area (Å²) in [6.45, 7) is 0. The van der Waals surface area contributed by atoms with Gasteiger partial charge in [-0.25, -0.2) is 0 Å². The lowest BCUT2D eigenvalue weighted by molar-refractivity contribution is 0.616. The molecule has 0 amide bonds. The second-order valence-electron chi connectivity index (χ2n) is 2.88. The van der Waals surface area contributed by atoms with Gasteiger partial charge in [-0.2, -0.15) is 0 Å². The van der Waals surface area contributed by atoms with Gasteiger partial charge in [0.25, 0.3) is 0 Å². The molecule has 0 bridgehead atoms. The Balaban J connectivity index is 2.34. The van der Waals surface area contributed by atoms with E-state index in [-0.39, 0.29) is 0 Å². The first kappa shape index (κ1) is 8.82. The van der Waals surface area contributed by atoms with Crippen LogP contribution in [0.15, 0.2) is 48.8 Å². The summed E-state index contributed by atoms with van der Waals surface area (Å²) in [5.74, 6) is 0.655. The molecule has 0 unspecified atom stereocenters. The van der Waals surface area contributed by atoms with E-state index < -0.39 is 0 Å². The van der Waals surface area contributed by atoms with Crippen molar-refractivity contribution in [2.75, 3.05) is 0 Å². The number of rotatable bonds is 2. The smallest absolute Gasteiger partial charge is 0.374 e. The quantitative estimate of drug-likeness (QED) is 0.662. The fourth-order valence-corrected chi connectivity index (χ4v) is 1.27. The van der Waals surface area contributed by atoms with E-state index in [2.05, 4.69) is 9.64 Å². The van der Waals surface area contributed by atoms with E-state index in [9.17, 15) is 0 Å². The first-order chi connectivity index (χ1) is 6.90. The molecule has 0 spiro atoms. The number of hydrogen-bond donors (Lipinski definition) is 0. The van der Waals surface area contributed by atoms with Crippen molar-refractivity contribution in [3.05, 3.63) is 48.8 Å². The Hall–Kier alpha value is -1.77. The summed E-state index contributed by atoms with van der Waals surface area (Å²) in [5, 5.41) is 0. The van der Waals surface area contributed by atoms with E-state index >= 15 is 0 Å². The molecule has 0 saturated carbocycles. The van der Waals surface area contributed by atoms with Crippen LogP contribution in [0.4, 0.5) is 0 Å². The van der Waals surface area contributed by atoms with Gasteiger partial charge in [-0.1, -0.05) is 12.1 Å². The van der Waals surface area contributed by atoms with E-state index in [1.54, 1.807) is 12.4 Å². The molecule has 2 radical (unpaired) electrons. The second kappa shape index (κ2) is 3.96. The average Bonchev–Trinajstić information content (AvgIpc) is 2.30. The zero-order chi connectivity index (χ0) is 9.80. The summed E-state index contributed by atoms with van der Waals surface area (Å²) < 4.78 is 4.59. The van der Waals surface area contributed by atoms with Crippen LogP contribution in [-0.2, 0) is 0 Å². The summed E-state index contributed by atoms with van der Waals surface area (Å²) >= 11 is 0. The van der Waals surface area contributed by atoms with Gasteiger partial charge in [0.2, 0.25) is 0 Å². The van der Waals surface area contributed by atoms with Gasteiger partial charge in [0.05, 0.1) is 5.75 Å². The number of aromatic nitrogens is 1. The van der Waals surface area contributed by atoms with Crippen molar-refractivity contribution in [2.45, 2.75) is 0 Å². The van der Waals surface area contributed by atoms with Crippen molar-refractivity contribution in [2.24, 2.45) is 0 Å². The predicted octanol–water partition coefficient (Wildman–Crippen LogP) is 2.21. The number of hydrogen-bond acceptors (Lipinski definition) is 2. The Morgan fingerprint density at radius 3 is 2.00 bits per heavy atom. The lowest BCUT2D eigenvalue weighted by Crippen LogP contribution is -1.84. The molecule has 1 aromatic carbocycles. The third-order valence-electron chi connectivity index (χ3n) is 2.00. The van der Waals surface area contributed by atoms with Crippen LogP contribution in [0.25, 0.3) is 11.1 Å². The largest absolute Gasteiger partial charge is 0.568 e. The molecular formula is C11H8BNO. The van der Waals surface area contributed by atoms with Crippen LogP contribution < -0.4 is 4.65 Å². The topological polar surface area (TPSA) is 22.1 Å². The van der Waals surface area contributed by atoms with Crippen molar-refractivity contribution >= 4 is 8.05 Å². The molecule has 1 heterocycles. The molecule has 0 aliphatic rings. The molecule has 66 valence electrons. The minimum atomic E-state index is 0.655. The van der Waals surface area contributed by atoms with Gasteiger partial charge in [-0.3, -0.25) is 4.98 Å². The lowest BCUT2D eigenvalue weighted by Gasteiger charge is -2.03. The zero-order valence-corrected chi connectivity index (χ0v) is 7.55. The highest BCUT2D eigenvalue weighted by Gasteiger charge is 1.96. The van der Waals surface area contributed by atoms with Gasteiger partial charge in [0.15, 0.2) is 0 Å². The van der Waals surface area contributed by atoms with Crippen LogP contribution in [0.2, 0.25) is 0 Å². The minimum absolute atomic E-state index is 0.655. The van der Waals surface area contributed by atoms with Gasteiger partial charge in [-0.05, 0) is 35.4 Å². The monoisotopic (exact) mass is 181 g/mol. The first-order valence-corrected chi connectivity index (χ1v) is 4.27. The zero-order valence-electron chi connectivity index (χ0n) is 7.55. The summed E-state index contributed by atoms with van der Waals surface area (Å²) in [4.78, 5) is 3.96. The minimum Gasteiger partial charge on any atom is -0.568 e. The molecule has 2 aromatic rings. The molecule has 0 aliphatic carbocycles. The Bertz CT molecular complexity index is 399. The van der Waals surface area contributed by atoms with Gasteiger partial charge in [-0.15, -0.1) is 0 Å². The SMILES string of the molecule is [B]Oc1ccc(-c2ccncc2)cc1. The third-order valence-corrected chi connectivity index (χ3v) is 2.00. The predicted molar refractivity (Wildman–Crippen MR) is 56.1 cm³/mol. The summed E-state index contributed by atoms with van der Waals surface area (Å²) in [6.07, 6.45) is 3.53. The van der Waals surface area contributed by atoms with Crippen molar-refractivity contribution in [3.8, 4) is 16.9 Å². The third kappa shape index (κ3) is 1.77. The van der Waals surface area contributed by atoms with Crippen LogP contribution >= 0.6 is 0 Å². The summed E-state index contributed by atoms with van der Waals surface area (Å²) in [7, 11) is 5.03. The average molecular weight is 181 g/mol. The van der Waals surface area contributed by atoms with Crippen LogP contribution in [0, 0.1) is 0 Å². The highest BCUT2D eigenvalue weighted by molar-refractivity contribution is 5.99. The van der Waals surface area contributed by atoms with E-state index in [1.807, 2.05) is 36.4 Å². The molecule has 0 fully saturated rings. The molecule has 0 aliphatic heterocycles. The Morgan fingerprint density at radius 1 is 0.857 bits per heavy atom. The number of benzene rings is 1. The van der Waals surface area contributed by atoms with Gasteiger partial charge >= 0.3 is 8.05 Å². The molecule has 2 nitrogen and oxygen atoms in total. The fraction of sp³-hybridized carbons (Fsp3) is 0. The first-order valence-electron chi connectivity index (χ1n) is 4.27. The van der Waals surface area contributed by atoms with Gasteiger partial charge in [0.1, 0.15) is 0 Å². The van der Waals surface area contributed by atoms with E-state index in [0.29, 0.717) is 5.75 Å². The lowest BCUT2D eigenvalue weighted by atomic mass is 10.1. The Morgan fingerprint density at radius 2 is 1.43 bits per heavy atom. The molecule has 0 saturated heterocycles. The molecule has 1 aromatic heterocycles. The van der Waals surface area contributed by atoms with E-state index in [4.69, 9.17) is 8.05 Å². The molecular weight excluding hydrogens is 173 g/mol. The highest BCUT2D eigenvalue weighted by atomic mass is 16.4. The van der Waals surface area contributed by atoms with Crippen molar-refractivity contribution in [1.29, 1.82) is 0 Å². The van der Waals surface area contributed by atoms with Crippen molar-refractivity contribution in [3.63, 3.8) is 0 Å². The van der Waals surface area contributed by atoms with Crippen LogP contribution in [-0.4, -0.2) is 13.0 Å². The van der Waals surface area contributed by atoms with Crippen molar-refractivity contribution < 1.29 is 4.65 Å². The number of pyridine rings is 1. The van der Waals surface area contributed by atoms with Crippen molar-refractivity contribution in [1.82, 2.24) is 4.98 Å². The molecule has 14 heavy (non-hydrogen) atoms. The molecule has 2 rings (SSSR count). The molecule has 0 atom stereocenters. The number of nitrogens with zero attached hydrogens (tertiary/aromatic N) is 1. The summed E-state index contributed by atoms with van der Waals surface area (Å²) in [6, 6.07) is 11.5. The maximum Gasteiger partial charge on any atom is 0.374 e. The maximum absolute atomic E-state index is 5.03. The second-order valence-corrected chi connectivity index (χ2v) is 2.88. The van der Waals surface area contributed by atoms with Crippen LogP contribution in [0.1, 0.15) is 0 Å². The highest BCUT2D eigenvalue weighted by Crippen LogP contribution is 2.20. The normalized spacial score (nSPS) is 9.71. The molecule has 0 N–H and O–H groups in total. The van der Waals surface area contributed by atoms with Gasteiger partial charge < -0.3 is 4.65 Å². The Labute approximate surface area is 84.0 Å². The van der Waals surface area contributed by atoms with E-state index in [1.165, 1.54) is 0 Å². The fourth-order valence-electron chi connectivity index (χ4n) is 1.27. The molecule has 3 heteroatoms. The Kier molecular flexibility index (Phi) is 2.50. The van der Waals surface area contributed by atoms with E-state index in [0.717, 1.165) is 11.1 Å². The summed E-state index contributed by atoms with van der Waals surface area (Å²) in [5.41, 5.74) is 2.25. The van der Waals surface area contributed by atoms with Gasteiger partial charge in [0, 0.05) is 12.4 Å². The maximum atomic E-state index is 5.03. The van der Waals surface area contributed by atoms with Crippen LogP contribution in [0.3, 0.4) is 0 Å². The standard InChI is InChI=1S/C11H8BNO/c12-14-11-3-1-9(2-4-11)10-5-7-13-8-6-10/h1-8H. The van der Waals surface area contributed by atoms with Crippen LogP contribution in [0.5, 0.6) is 5.75 Å².